The normalized spacial score (nSPS) is 14.9. The van der Waals surface area contributed by atoms with Crippen LogP contribution < -0.4 is 0 Å². The first-order valence-electron chi connectivity index (χ1n) is 3.08. The third-order valence-corrected chi connectivity index (χ3v) is 0.988. The van der Waals surface area contributed by atoms with Crippen LogP contribution in [0.2, 0.25) is 0 Å². The van der Waals surface area contributed by atoms with Crippen LogP contribution in [0.3, 0.4) is 0 Å². The number of rotatable bonds is 3. The minimum atomic E-state index is 0.260. The Morgan fingerprint density at radius 3 is 2.62 bits per heavy atom. The van der Waals surface area contributed by atoms with Crippen LogP contribution in [0.25, 0.3) is 0 Å². The average molecular weight is 114 g/mol. The van der Waals surface area contributed by atoms with Gasteiger partial charge in [-0.3, -0.25) is 0 Å². The van der Waals surface area contributed by atoms with Crippen molar-refractivity contribution in [2.75, 3.05) is 6.61 Å². The largest absolute Gasteiger partial charge is 0.396 e. The molecule has 1 N–H and O–H groups in total. The molecule has 1 heteroatoms. The lowest BCUT2D eigenvalue weighted by Crippen LogP contribution is -1.94. The maximum absolute atomic E-state index is 8.51. The third kappa shape index (κ3) is 3.88. The van der Waals surface area contributed by atoms with Gasteiger partial charge in [0.15, 0.2) is 0 Å². The van der Waals surface area contributed by atoms with Crippen molar-refractivity contribution in [1.82, 2.24) is 0 Å². The highest BCUT2D eigenvalue weighted by Gasteiger charge is 1.88. The lowest BCUT2D eigenvalue weighted by Gasteiger charge is -1.96. The maximum atomic E-state index is 8.51. The van der Waals surface area contributed by atoms with Gasteiger partial charge in [0.05, 0.1) is 0 Å². The Hall–Kier alpha value is -0.300. The predicted octanol–water partition coefficient (Wildman–Crippen LogP) is 1.58. The van der Waals surface area contributed by atoms with Crippen molar-refractivity contribution in [3.63, 3.8) is 0 Å². The SMILES string of the molecule is CC/C=C/C(C)CO. The molecule has 0 rings (SSSR count). The topological polar surface area (TPSA) is 20.2 Å². The molecule has 0 aromatic carbocycles. The van der Waals surface area contributed by atoms with Gasteiger partial charge in [-0.05, 0) is 12.3 Å². The monoisotopic (exact) mass is 114 g/mol. The smallest absolute Gasteiger partial charge is 0.0491 e. The van der Waals surface area contributed by atoms with Crippen molar-refractivity contribution in [3.8, 4) is 0 Å². The summed E-state index contributed by atoms with van der Waals surface area (Å²) >= 11 is 0. The molecule has 8 heavy (non-hydrogen) atoms. The maximum Gasteiger partial charge on any atom is 0.0491 e. The van der Waals surface area contributed by atoms with Crippen molar-refractivity contribution >= 4 is 0 Å². The van der Waals surface area contributed by atoms with Crippen LogP contribution in [0.15, 0.2) is 12.2 Å². The van der Waals surface area contributed by atoms with Crippen molar-refractivity contribution in [2.45, 2.75) is 20.3 Å². The summed E-state index contributed by atoms with van der Waals surface area (Å²) in [4.78, 5) is 0. The molecular weight excluding hydrogens is 100 g/mol. The molecule has 1 atom stereocenters. The van der Waals surface area contributed by atoms with Crippen LogP contribution in [0.4, 0.5) is 0 Å². The molecule has 0 bridgehead atoms. The van der Waals surface area contributed by atoms with E-state index < -0.39 is 0 Å². The van der Waals surface area contributed by atoms with Gasteiger partial charge in [0.1, 0.15) is 0 Å². The molecule has 0 spiro atoms. The van der Waals surface area contributed by atoms with Gasteiger partial charge in [-0.1, -0.05) is 26.0 Å². The van der Waals surface area contributed by atoms with Crippen molar-refractivity contribution in [1.29, 1.82) is 0 Å². The molecule has 0 aromatic rings. The fourth-order valence-electron chi connectivity index (χ4n) is 0.429. The minimum absolute atomic E-state index is 0.260. The zero-order valence-electron chi connectivity index (χ0n) is 5.59. The second kappa shape index (κ2) is 4.85. The molecular formula is C7H14O. The average Bonchev–Trinajstić information content (AvgIpc) is 1.83. The van der Waals surface area contributed by atoms with Crippen LogP contribution in [0, 0.1) is 5.92 Å². The summed E-state index contributed by atoms with van der Waals surface area (Å²) in [6.07, 6.45) is 5.16. The van der Waals surface area contributed by atoms with Crippen LogP contribution in [-0.4, -0.2) is 11.7 Å². The minimum Gasteiger partial charge on any atom is -0.396 e. The first-order chi connectivity index (χ1) is 3.81. The highest BCUT2D eigenvalue weighted by Crippen LogP contribution is 1.94. The summed E-state index contributed by atoms with van der Waals surface area (Å²) in [7, 11) is 0. The molecule has 1 nitrogen and oxygen atoms in total. The molecule has 48 valence electrons. The van der Waals surface area contributed by atoms with Gasteiger partial charge in [0, 0.05) is 6.61 Å². The van der Waals surface area contributed by atoms with Gasteiger partial charge in [-0.2, -0.15) is 0 Å². The van der Waals surface area contributed by atoms with E-state index in [9.17, 15) is 0 Å². The highest BCUT2D eigenvalue weighted by molar-refractivity contribution is 4.84. The van der Waals surface area contributed by atoms with E-state index in [2.05, 4.69) is 13.0 Å². The summed E-state index contributed by atoms with van der Waals surface area (Å²) in [5, 5.41) is 8.51. The van der Waals surface area contributed by atoms with Gasteiger partial charge in [-0.25, -0.2) is 0 Å². The van der Waals surface area contributed by atoms with Crippen LogP contribution in [0.1, 0.15) is 20.3 Å². The van der Waals surface area contributed by atoms with E-state index in [-0.39, 0.29) is 6.61 Å². The Morgan fingerprint density at radius 2 is 2.25 bits per heavy atom. The summed E-state index contributed by atoms with van der Waals surface area (Å²) in [5.74, 6) is 0.329. The fourth-order valence-corrected chi connectivity index (χ4v) is 0.429. The van der Waals surface area contributed by atoms with E-state index >= 15 is 0 Å². The van der Waals surface area contributed by atoms with Gasteiger partial charge >= 0.3 is 0 Å². The van der Waals surface area contributed by atoms with Crippen molar-refractivity contribution < 1.29 is 5.11 Å². The zero-order valence-corrected chi connectivity index (χ0v) is 5.59. The molecule has 0 saturated heterocycles. The standard InChI is InChI=1S/C7H14O/c1-3-4-5-7(2)6-8/h4-5,7-8H,3,6H2,1-2H3/b5-4+. The van der Waals surface area contributed by atoms with E-state index in [4.69, 9.17) is 5.11 Å². The second-order valence-electron chi connectivity index (χ2n) is 2.00. The van der Waals surface area contributed by atoms with Gasteiger partial charge in [-0.15, -0.1) is 0 Å². The quantitative estimate of drug-likeness (QED) is 0.552. The summed E-state index contributed by atoms with van der Waals surface area (Å²) in [6.45, 7) is 4.34. The molecule has 0 aliphatic heterocycles. The van der Waals surface area contributed by atoms with E-state index in [1.165, 1.54) is 0 Å². The Bertz CT molecular complexity index is 66.8. The molecule has 0 aliphatic rings. The number of hydrogen-bond donors (Lipinski definition) is 1. The van der Waals surface area contributed by atoms with Crippen LogP contribution >= 0.6 is 0 Å². The van der Waals surface area contributed by atoms with E-state index in [0.717, 1.165) is 6.42 Å². The summed E-state index contributed by atoms with van der Waals surface area (Å²) < 4.78 is 0. The van der Waals surface area contributed by atoms with Crippen molar-refractivity contribution in [2.24, 2.45) is 5.92 Å². The Labute approximate surface area is 51.0 Å². The first kappa shape index (κ1) is 7.70. The lowest BCUT2D eigenvalue weighted by atomic mass is 10.2. The Morgan fingerprint density at radius 1 is 1.62 bits per heavy atom. The van der Waals surface area contributed by atoms with Gasteiger partial charge in [0.25, 0.3) is 0 Å². The molecule has 0 amide bonds. The molecule has 0 radical (unpaired) electrons. The molecule has 0 heterocycles. The lowest BCUT2D eigenvalue weighted by molar-refractivity contribution is 0.262. The molecule has 1 unspecified atom stereocenters. The zero-order chi connectivity index (χ0) is 6.41. The molecule has 0 fully saturated rings. The third-order valence-electron chi connectivity index (χ3n) is 0.988. The molecule has 0 saturated carbocycles. The van der Waals surface area contributed by atoms with Crippen molar-refractivity contribution in [3.05, 3.63) is 12.2 Å². The number of hydrogen-bond acceptors (Lipinski definition) is 1. The number of aliphatic hydroxyl groups is 1. The highest BCUT2D eigenvalue weighted by atomic mass is 16.3. The van der Waals surface area contributed by atoms with E-state index in [1.807, 2.05) is 13.0 Å². The molecule has 0 aliphatic carbocycles. The molecule has 0 aromatic heterocycles. The second-order valence-corrected chi connectivity index (χ2v) is 2.00. The fraction of sp³-hybridized carbons (Fsp3) is 0.714. The van der Waals surface area contributed by atoms with E-state index in [0.29, 0.717) is 5.92 Å². The number of aliphatic hydroxyl groups excluding tert-OH is 1. The van der Waals surface area contributed by atoms with E-state index in [1.54, 1.807) is 0 Å². The Kier molecular flexibility index (Phi) is 4.67. The number of allylic oxidation sites excluding steroid dienone is 1. The van der Waals surface area contributed by atoms with Crippen LogP contribution in [-0.2, 0) is 0 Å². The first-order valence-corrected chi connectivity index (χ1v) is 3.08. The van der Waals surface area contributed by atoms with Gasteiger partial charge in [0.2, 0.25) is 0 Å². The Balaban J connectivity index is 3.21. The van der Waals surface area contributed by atoms with Gasteiger partial charge < -0.3 is 5.11 Å². The summed E-state index contributed by atoms with van der Waals surface area (Å²) in [6, 6.07) is 0. The van der Waals surface area contributed by atoms with Crippen LogP contribution in [0.5, 0.6) is 0 Å². The predicted molar refractivity (Wildman–Crippen MR) is 35.7 cm³/mol. The summed E-state index contributed by atoms with van der Waals surface area (Å²) in [5.41, 5.74) is 0.